The second kappa shape index (κ2) is 7.53. The summed E-state index contributed by atoms with van der Waals surface area (Å²) in [5.41, 5.74) is 4.98. The minimum atomic E-state index is -0.0933. The third-order valence-corrected chi connectivity index (χ3v) is 6.16. The number of aryl methyl sites for hydroxylation is 2. The van der Waals surface area contributed by atoms with Gasteiger partial charge in [-0.1, -0.05) is 30.3 Å². The van der Waals surface area contributed by atoms with Crippen LogP contribution in [0.4, 0.5) is 11.4 Å². The maximum atomic E-state index is 12.8. The minimum Gasteiger partial charge on any atom is -0.372 e. The lowest BCUT2D eigenvalue weighted by molar-refractivity contribution is 0.102. The maximum Gasteiger partial charge on any atom is 0.267 e. The van der Waals surface area contributed by atoms with Gasteiger partial charge in [-0.3, -0.25) is 4.79 Å². The summed E-state index contributed by atoms with van der Waals surface area (Å²) in [6, 6.07) is 16.2. The second-order valence-corrected chi connectivity index (χ2v) is 7.95. The van der Waals surface area contributed by atoms with Crippen molar-refractivity contribution in [2.24, 2.45) is 0 Å². The van der Waals surface area contributed by atoms with Crippen LogP contribution in [-0.2, 0) is 0 Å². The summed E-state index contributed by atoms with van der Waals surface area (Å²) >= 11 is 1.44. The zero-order valence-corrected chi connectivity index (χ0v) is 16.5. The van der Waals surface area contributed by atoms with Crippen LogP contribution in [0.25, 0.3) is 10.6 Å². The fraction of sp³-hybridized carbons (Fsp3) is 0.273. The molecule has 2 aromatic carbocycles. The third-order valence-electron chi connectivity index (χ3n) is 4.95. The topological polar surface area (TPSA) is 45.2 Å². The van der Waals surface area contributed by atoms with Crippen molar-refractivity contribution >= 4 is 28.6 Å². The van der Waals surface area contributed by atoms with Crippen LogP contribution in [-0.4, -0.2) is 24.0 Å². The monoisotopic (exact) mass is 377 g/mol. The van der Waals surface area contributed by atoms with Crippen LogP contribution >= 0.6 is 11.3 Å². The molecule has 4 rings (SSSR count). The largest absolute Gasteiger partial charge is 0.372 e. The number of benzene rings is 2. The molecule has 1 fully saturated rings. The summed E-state index contributed by atoms with van der Waals surface area (Å²) in [4.78, 5) is 20.5. The van der Waals surface area contributed by atoms with Crippen molar-refractivity contribution in [2.75, 3.05) is 23.3 Å². The van der Waals surface area contributed by atoms with Crippen molar-refractivity contribution in [2.45, 2.75) is 26.7 Å². The highest BCUT2D eigenvalue weighted by atomic mass is 32.1. The van der Waals surface area contributed by atoms with Crippen molar-refractivity contribution in [1.29, 1.82) is 0 Å². The van der Waals surface area contributed by atoms with Crippen LogP contribution in [0.3, 0.4) is 0 Å². The van der Waals surface area contributed by atoms with Gasteiger partial charge in [-0.15, -0.1) is 11.3 Å². The van der Waals surface area contributed by atoms with E-state index in [1.165, 1.54) is 29.9 Å². The van der Waals surface area contributed by atoms with Crippen LogP contribution in [0.5, 0.6) is 0 Å². The SMILES string of the molecule is Cc1cc(N2CCCC2)ccc1NC(=O)c1sc(-c2ccccc2)nc1C. The Balaban J connectivity index is 1.53. The van der Waals surface area contributed by atoms with Gasteiger partial charge in [-0.25, -0.2) is 4.98 Å². The van der Waals surface area contributed by atoms with E-state index in [9.17, 15) is 4.79 Å². The van der Waals surface area contributed by atoms with E-state index >= 15 is 0 Å². The van der Waals surface area contributed by atoms with Gasteiger partial charge in [-0.05, 0) is 50.5 Å². The summed E-state index contributed by atoms with van der Waals surface area (Å²) in [6.45, 7) is 6.17. The predicted octanol–water partition coefficient (Wildman–Crippen LogP) is 5.28. The quantitative estimate of drug-likeness (QED) is 0.673. The highest BCUT2D eigenvalue weighted by Crippen LogP contribution is 2.30. The first-order valence-corrected chi connectivity index (χ1v) is 10.1. The third kappa shape index (κ3) is 3.74. The molecule has 0 spiro atoms. The van der Waals surface area contributed by atoms with Gasteiger partial charge >= 0.3 is 0 Å². The molecule has 5 heteroatoms. The number of hydrogen-bond acceptors (Lipinski definition) is 4. The Hall–Kier alpha value is -2.66. The molecule has 4 nitrogen and oxygen atoms in total. The number of thiazole rings is 1. The molecular formula is C22H23N3OS. The number of aromatic nitrogens is 1. The van der Waals surface area contributed by atoms with Gasteiger partial charge < -0.3 is 10.2 Å². The van der Waals surface area contributed by atoms with Gasteiger partial charge in [0.2, 0.25) is 0 Å². The number of hydrogen-bond donors (Lipinski definition) is 1. The van der Waals surface area contributed by atoms with E-state index in [4.69, 9.17) is 0 Å². The number of amides is 1. The first kappa shape index (κ1) is 17.7. The van der Waals surface area contributed by atoms with Crippen LogP contribution in [0.15, 0.2) is 48.5 Å². The van der Waals surface area contributed by atoms with Crippen LogP contribution in [0, 0.1) is 13.8 Å². The van der Waals surface area contributed by atoms with E-state index in [-0.39, 0.29) is 5.91 Å². The summed E-state index contributed by atoms with van der Waals surface area (Å²) in [5.74, 6) is -0.0933. The molecule has 0 radical (unpaired) electrons. The van der Waals surface area contributed by atoms with Gasteiger partial charge in [-0.2, -0.15) is 0 Å². The molecule has 1 aliphatic heterocycles. The molecule has 27 heavy (non-hydrogen) atoms. The molecule has 0 aliphatic carbocycles. The summed E-state index contributed by atoms with van der Waals surface area (Å²) < 4.78 is 0. The van der Waals surface area contributed by atoms with Crippen molar-refractivity contribution in [3.05, 3.63) is 64.7 Å². The van der Waals surface area contributed by atoms with Crippen LogP contribution in [0.2, 0.25) is 0 Å². The molecule has 1 aliphatic rings. The Labute approximate surface area is 163 Å². The normalized spacial score (nSPS) is 13.8. The lowest BCUT2D eigenvalue weighted by Gasteiger charge is -2.19. The fourth-order valence-corrected chi connectivity index (χ4v) is 4.42. The number of carbonyl (C=O) groups is 1. The molecule has 2 heterocycles. The lowest BCUT2D eigenvalue weighted by Crippen LogP contribution is -2.18. The number of anilines is 2. The number of rotatable bonds is 4. The number of nitrogens with zero attached hydrogens (tertiary/aromatic N) is 2. The van der Waals surface area contributed by atoms with Gasteiger partial charge in [0, 0.05) is 30.0 Å². The first-order chi connectivity index (χ1) is 13.1. The molecular weight excluding hydrogens is 354 g/mol. The molecule has 1 saturated heterocycles. The molecule has 0 bridgehead atoms. The fourth-order valence-electron chi connectivity index (χ4n) is 3.45. The Morgan fingerprint density at radius 2 is 1.81 bits per heavy atom. The highest BCUT2D eigenvalue weighted by molar-refractivity contribution is 7.17. The lowest BCUT2D eigenvalue weighted by atomic mass is 10.1. The van der Waals surface area contributed by atoms with Crippen LogP contribution in [0.1, 0.15) is 33.8 Å². The number of carbonyl (C=O) groups excluding carboxylic acids is 1. The average molecular weight is 378 g/mol. The van der Waals surface area contributed by atoms with Crippen molar-refractivity contribution in [3.8, 4) is 10.6 Å². The molecule has 1 amide bonds. The summed E-state index contributed by atoms with van der Waals surface area (Å²) in [6.07, 6.45) is 2.51. The van der Waals surface area contributed by atoms with Gasteiger partial charge in [0.1, 0.15) is 9.88 Å². The first-order valence-electron chi connectivity index (χ1n) is 9.31. The van der Waals surface area contributed by atoms with E-state index in [0.717, 1.165) is 40.6 Å². The highest BCUT2D eigenvalue weighted by Gasteiger charge is 2.18. The van der Waals surface area contributed by atoms with E-state index < -0.39 is 0 Å². The Bertz CT molecular complexity index is 959. The zero-order chi connectivity index (χ0) is 18.8. The molecule has 1 N–H and O–H groups in total. The number of nitrogens with one attached hydrogen (secondary N) is 1. The molecule has 3 aromatic rings. The van der Waals surface area contributed by atoms with Crippen molar-refractivity contribution in [1.82, 2.24) is 4.98 Å². The summed E-state index contributed by atoms with van der Waals surface area (Å²) in [5, 5.41) is 3.94. The van der Waals surface area contributed by atoms with Gasteiger partial charge in [0.25, 0.3) is 5.91 Å². The summed E-state index contributed by atoms with van der Waals surface area (Å²) in [7, 11) is 0. The zero-order valence-electron chi connectivity index (χ0n) is 15.7. The van der Waals surface area contributed by atoms with Crippen molar-refractivity contribution < 1.29 is 4.79 Å². The van der Waals surface area contributed by atoms with Crippen molar-refractivity contribution in [3.63, 3.8) is 0 Å². The standard InChI is InChI=1S/C22H23N3OS/c1-15-14-18(25-12-6-7-13-25)10-11-19(15)24-21(26)20-16(2)23-22(27-20)17-8-4-3-5-9-17/h3-5,8-11,14H,6-7,12-13H2,1-2H3,(H,24,26). The second-order valence-electron chi connectivity index (χ2n) is 6.95. The molecule has 0 atom stereocenters. The Morgan fingerprint density at radius 1 is 1.07 bits per heavy atom. The van der Waals surface area contributed by atoms with E-state index in [1.807, 2.05) is 50.2 Å². The molecule has 138 valence electrons. The molecule has 0 unspecified atom stereocenters. The average Bonchev–Trinajstić information content (AvgIpc) is 3.34. The van der Waals surface area contributed by atoms with E-state index in [1.54, 1.807) is 0 Å². The van der Waals surface area contributed by atoms with E-state index in [0.29, 0.717) is 4.88 Å². The molecule has 0 saturated carbocycles. The van der Waals surface area contributed by atoms with E-state index in [2.05, 4.69) is 27.3 Å². The van der Waals surface area contributed by atoms with Gasteiger partial charge in [0.05, 0.1) is 5.69 Å². The maximum absolute atomic E-state index is 12.8. The Kier molecular flexibility index (Phi) is 4.94. The predicted molar refractivity (Wildman–Crippen MR) is 113 cm³/mol. The molecule has 1 aromatic heterocycles. The Morgan fingerprint density at radius 3 is 2.52 bits per heavy atom. The van der Waals surface area contributed by atoms with Gasteiger partial charge in [0.15, 0.2) is 0 Å². The minimum absolute atomic E-state index is 0.0933. The van der Waals surface area contributed by atoms with Crippen LogP contribution < -0.4 is 10.2 Å². The smallest absolute Gasteiger partial charge is 0.267 e.